The van der Waals surface area contributed by atoms with Gasteiger partial charge in [0.05, 0.1) is 38.5 Å². The van der Waals surface area contributed by atoms with Gasteiger partial charge in [0.1, 0.15) is 22.8 Å². The number of aliphatic hydroxyl groups excluding tert-OH is 1. The van der Waals surface area contributed by atoms with Gasteiger partial charge in [0.25, 0.3) is 11.7 Å². The quantitative estimate of drug-likeness (QED) is 0.342. The molecule has 1 heterocycles. The first kappa shape index (κ1) is 25.1. The molecule has 1 atom stereocenters. The number of carbonyl (C=O) groups excluding carboxylic acids is 2. The Morgan fingerprint density at radius 2 is 1.62 bits per heavy atom. The third-order valence-electron chi connectivity index (χ3n) is 5.71. The van der Waals surface area contributed by atoms with Crippen molar-refractivity contribution in [3.05, 3.63) is 59.2 Å². The highest BCUT2D eigenvalue weighted by molar-refractivity contribution is 6.46. The Kier molecular flexibility index (Phi) is 7.83. The Hall–Kier alpha value is -3.52. The second-order valence-corrected chi connectivity index (χ2v) is 8.44. The lowest BCUT2D eigenvalue weighted by Gasteiger charge is -2.26. The summed E-state index contributed by atoms with van der Waals surface area (Å²) in [5, 5.41) is 11.4. The Balaban J connectivity index is 2.19. The van der Waals surface area contributed by atoms with Crippen molar-refractivity contribution >= 4 is 23.1 Å². The van der Waals surface area contributed by atoms with Gasteiger partial charge in [-0.25, -0.2) is 0 Å². The van der Waals surface area contributed by atoms with Crippen molar-refractivity contribution in [1.29, 1.82) is 0 Å². The van der Waals surface area contributed by atoms with Crippen LogP contribution >= 0.6 is 0 Å². The Bertz CT molecular complexity index is 1050. The number of anilines is 1. The summed E-state index contributed by atoms with van der Waals surface area (Å²) in [7, 11) is 6.78. The number of hydrogen-bond acceptors (Lipinski definition) is 7. The lowest BCUT2D eigenvalue weighted by molar-refractivity contribution is -0.140. The number of likely N-dealkylation sites (tertiary alicyclic amines) is 1. The van der Waals surface area contributed by atoms with E-state index in [-0.39, 0.29) is 36.2 Å². The summed E-state index contributed by atoms with van der Waals surface area (Å²) in [6.07, 6.45) is -0.0208. The number of nitrogens with zero attached hydrogens (tertiary/aromatic N) is 2. The predicted octanol–water partition coefficient (Wildman–Crippen LogP) is 3.62. The number of carbonyl (C=O) groups is 2. The fourth-order valence-corrected chi connectivity index (χ4v) is 4.02. The van der Waals surface area contributed by atoms with Crippen LogP contribution in [0.1, 0.15) is 31.0 Å². The van der Waals surface area contributed by atoms with E-state index < -0.39 is 17.7 Å². The van der Waals surface area contributed by atoms with E-state index in [4.69, 9.17) is 14.2 Å². The van der Waals surface area contributed by atoms with Crippen LogP contribution in [-0.4, -0.2) is 69.3 Å². The van der Waals surface area contributed by atoms with E-state index in [1.54, 1.807) is 18.2 Å². The summed E-state index contributed by atoms with van der Waals surface area (Å²) in [6, 6.07) is 11.8. The minimum absolute atomic E-state index is 0.0186. The zero-order chi connectivity index (χ0) is 25.0. The van der Waals surface area contributed by atoms with E-state index in [2.05, 4.69) is 0 Å². The van der Waals surface area contributed by atoms with Gasteiger partial charge in [0.15, 0.2) is 0 Å². The fourth-order valence-electron chi connectivity index (χ4n) is 4.02. The maximum absolute atomic E-state index is 13.2. The molecule has 2 aromatic rings. The number of rotatable bonds is 9. The zero-order valence-corrected chi connectivity index (χ0v) is 20.5. The smallest absolute Gasteiger partial charge is 0.295 e. The van der Waals surface area contributed by atoms with E-state index in [0.717, 1.165) is 5.69 Å². The highest BCUT2D eigenvalue weighted by atomic mass is 16.5. The monoisotopic (exact) mass is 468 g/mol. The van der Waals surface area contributed by atoms with E-state index in [1.807, 2.05) is 57.1 Å². The van der Waals surface area contributed by atoms with Gasteiger partial charge in [0, 0.05) is 26.3 Å². The maximum Gasteiger partial charge on any atom is 0.295 e. The van der Waals surface area contributed by atoms with Gasteiger partial charge in [-0.3, -0.25) is 9.59 Å². The molecule has 0 aromatic heterocycles. The van der Waals surface area contributed by atoms with Crippen molar-refractivity contribution in [3.63, 3.8) is 0 Å². The van der Waals surface area contributed by atoms with Gasteiger partial charge in [-0.1, -0.05) is 18.2 Å². The van der Waals surface area contributed by atoms with Crippen molar-refractivity contribution in [2.45, 2.75) is 26.0 Å². The van der Waals surface area contributed by atoms with E-state index >= 15 is 0 Å². The summed E-state index contributed by atoms with van der Waals surface area (Å²) < 4.78 is 16.5. The predicted molar refractivity (Wildman–Crippen MR) is 130 cm³/mol. The number of aliphatic hydroxyl groups is 1. The average Bonchev–Trinajstić information content (AvgIpc) is 3.07. The van der Waals surface area contributed by atoms with E-state index in [9.17, 15) is 14.7 Å². The molecule has 1 amide bonds. The van der Waals surface area contributed by atoms with Crippen LogP contribution in [0.3, 0.4) is 0 Å². The molecule has 182 valence electrons. The molecule has 1 aliphatic heterocycles. The van der Waals surface area contributed by atoms with Gasteiger partial charge < -0.3 is 29.1 Å². The molecular weight excluding hydrogens is 436 g/mol. The third-order valence-corrected chi connectivity index (χ3v) is 5.71. The molecular formula is C26H32N2O6. The van der Waals surface area contributed by atoms with Crippen molar-refractivity contribution < 1.29 is 28.9 Å². The lowest BCUT2D eigenvalue weighted by Crippen LogP contribution is -2.33. The number of ether oxygens (including phenoxy) is 3. The molecule has 34 heavy (non-hydrogen) atoms. The topological polar surface area (TPSA) is 88.5 Å². The number of amides is 1. The summed E-state index contributed by atoms with van der Waals surface area (Å²) in [4.78, 5) is 29.7. The molecule has 3 rings (SSSR count). The van der Waals surface area contributed by atoms with Crippen LogP contribution in [0.5, 0.6) is 11.5 Å². The maximum atomic E-state index is 13.2. The van der Waals surface area contributed by atoms with E-state index in [0.29, 0.717) is 17.1 Å². The summed E-state index contributed by atoms with van der Waals surface area (Å²) in [5.41, 5.74) is 1.87. The van der Waals surface area contributed by atoms with Gasteiger partial charge in [-0.15, -0.1) is 0 Å². The van der Waals surface area contributed by atoms with Crippen LogP contribution in [0.15, 0.2) is 48.0 Å². The van der Waals surface area contributed by atoms with Crippen molar-refractivity contribution in [2.75, 3.05) is 46.4 Å². The number of ketones is 1. The second kappa shape index (κ2) is 10.6. The Morgan fingerprint density at radius 1 is 1.03 bits per heavy atom. The lowest BCUT2D eigenvalue weighted by atomic mass is 9.94. The molecule has 1 N–H and O–H groups in total. The molecule has 0 spiro atoms. The molecule has 8 nitrogen and oxygen atoms in total. The third kappa shape index (κ3) is 4.87. The molecule has 1 saturated heterocycles. The highest BCUT2D eigenvalue weighted by Crippen LogP contribution is 2.43. The first-order chi connectivity index (χ1) is 16.2. The fraction of sp³-hybridized carbons (Fsp3) is 0.385. The SMILES string of the molecule is COc1cccc(OC)c1/C(O)=C1\C(=O)C(=O)N(CCOC(C)C)C1c1ccc(N(C)C)cc1. The minimum Gasteiger partial charge on any atom is -0.506 e. The van der Waals surface area contributed by atoms with Gasteiger partial charge in [-0.05, 0) is 43.7 Å². The molecule has 8 heteroatoms. The minimum atomic E-state index is -0.790. The number of Topliss-reactive ketones (excluding diaryl/α,β-unsaturated/α-hetero) is 1. The van der Waals surface area contributed by atoms with Crippen LogP contribution < -0.4 is 14.4 Å². The number of hydrogen-bond donors (Lipinski definition) is 1. The molecule has 0 saturated carbocycles. The van der Waals surface area contributed by atoms with Crippen LogP contribution in [-0.2, 0) is 14.3 Å². The van der Waals surface area contributed by atoms with Gasteiger partial charge in [-0.2, -0.15) is 0 Å². The van der Waals surface area contributed by atoms with E-state index in [1.165, 1.54) is 19.1 Å². The van der Waals surface area contributed by atoms with Crippen molar-refractivity contribution in [3.8, 4) is 11.5 Å². The van der Waals surface area contributed by atoms with Crippen molar-refractivity contribution in [2.24, 2.45) is 0 Å². The molecule has 0 aliphatic carbocycles. The summed E-state index contributed by atoms with van der Waals surface area (Å²) in [5.74, 6) is -1.15. The first-order valence-corrected chi connectivity index (χ1v) is 11.1. The molecule has 1 fully saturated rings. The summed E-state index contributed by atoms with van der Waals surface area (Å²) in [6.45, 7) is 4.26. The molecule has 0 radical (unpaired) electrons. The summed E-state index contributed by atoms with van der Waals surface area (Å²) >= 11 is 0. The normalized spacial score (nSPS) is 17.4. The van der Waals surface area contributed by atoms with Crippen LogP contribution in [0.25, 0.3) is 5.76 Å². The number of methoxy groups -OCH3 is 2. The Labute approximate surface area is 200 Å². The average molecular weight is 469 g/mol. The zero-order valence-electron chi connectivity index (χ0n) is 20.5. The van der Waals surface area contributed by atoms with Crippen LogP contribution in [0.2, 0.25) is 0 Å². The number of benzene rings is 2. The Morgan fingerprint density at radius 3 is 2.12 bits per heavy atom. The van der Waals surface area contributed by atoms with Crippen LogP contribution in [0, 0.1) is 0 Å². The van der Waals surface area contributed by atoms with Crippen molar-refractivity contribution in [1.82, 2.24) is 4.90 Å². The second-order valence-electron chi connectivity index (χ2n) is 8.44. The molecule has 0 bridgehead atoms. The largest absolute Gasteiger partial charge is 0.506 e. The molecule has 2 aromatic carbocycles. The van der Waals surface area contributed by atoms with Crippen LogP contribution in [0.4, 0.5) is 5.69 Å². The van der Waals surface area contributed by atoms with Gasteiger partial charge >= 0.3 is 0 Å². The molecule has 1 aliphatic rings. The molecule has 1 unspecified atom stereocenters. The first-order valence-electron chi connectivity index (χ1n) is 11.1. The van der Waals surface area contributed by atoms with Gasteiger partial charge in [0.2, 0.25) is 0 Å². The standard InChI is InChI=1S/C26H32N2O6/c1-16(2)34-15-14-28-23(17-10-12-18(13-11-17)27(3)4)22(25(30)26(28)31)24(29)21-19(32-5)8-7-9-20(21)33-6/h7-13,16,23,29H,14-15H2,1-6H3/b24-22+. The highest BCUT2D eigenvalue weighted by Gasteiger charge is 2.46.